The fraction of sp³-hybridized carbons (Fsp3) is 0.222. The van der Waals surface area contributed by atoms with Crippen molar-refractivity contribution in [2.75, 3.05) is 6.54 Å². The van der Waals surface area contributed by atoms with Crippen molar-refractivity contribution in [2.24, 2.45) is 5.73 Å². The zero-order valence-corrected chi connectivity index (χ0v) is 8.31. The Bertz CT molecular complexity index is 344. The predicted octanol–water partition coefficient (Wildman–Crippen LogP) is 2.56. The largest absolute Gasteiger partial charge is 0.329 e. The van der Waals surface area contributed by atoms with Crippen molar-refractivity contribution in [3.63, 3.8) is 0 Å². The Labute approximate surface area is 86.9 Å². The fourth-order valence-corrected chi connectivity index (χ4v) is 1.57. The second-order valence-electron chi connectivity index (χ2n) is 2.58. The van der Waals surface area contributed by atoms with Crippen LogP contribution in [0, 0.1) is 11.3 Å². The average molecular weight is 215 g/mol. The van der Waals surface area contributed by atoms with Gasteiger partial charge in [0, 0.05) is 16.6 Å². The summed E-state index contributed by atoms with van der Waals surface area (Å²) in [5.74, 6) is -0.357. The Balaban J connectivity index is 3.09. The number of benzene rings is 1. The molecule has 1 atom stereocenters. The molecule has 1 unspecified atom stereocenters. The predicted molar refractivity (Wildman–Crippen MR) is 53.9 cm³/mol. The monoisotopic (exact) mass is 214 g/mol. The molecule has 0 aromatic heterocycles. The van der Waals surface area contributed by atoms with Gasteiger partial charge in [0.05, 0.1) is 12.0 Å². The molecule has 0 spiro atoms. The molecule has 0 saturated carbocycles. The molecule has 0 aliphatic rings. The molecular formula is C9H8Cl2N2. The second-order valence-corrected chi connectivity index (χ2v) is 3.43. The number of hydrogen-bond donors (Lipinski definition) is 1. The lowest BCUT2D eigenvalue weighted by molar-refractivity contribution is 0.862. The summed E-state index contributed by atoms with van der Waals surface area (Å²) in [6.07, 6.45) is 0. The summed E-state index contributed by atoms with van der Waals surface area (Å²) in [4.78, 5) is 0. The van der Waals surface area contributed by atoms with E-state index in [0.29, 0.717) is 10.0 Å². The van der Waals surface area contributed by atoms with Gasteiger partial charge in [0.25, 0.3) is 0 Å². The first kappa shape index (κ1) is 10.3. The normalized spacial score (nSPS) is 12.2. The minimum absolute atomic E-state index is 0.262. The van der Waals surface area contributed by atoms with Gasteiger partial charge in [-0.1, -0.05) is 29.3 Å². The van der Waals surface area contributed by atoms with Gasteiger partial charge in [-0.3, -0.25) is 0 Å². The molecule has 0 saturated heterocycles. The SMILES string of the molecule is N#CC(CN)c1ccc(Cl)cc1Cl. The van der Waals surface area contributed by atoms with Gasteiger partial charge in [-0.25, -0.2) is 0 Å². The lowest BCUT2D eigenvalue weighted by Gasteiger charge is -2.08. The van der Waals surface area contributed by atoms with Crippen molar-refractivity contribution in [1.29, 1.82) is 5.26 Å². The van der Waals surface area contributed by atoms with Crippen LogP contribution < -0.4 is 5.73 Å². The topological polar surface area (TPSA) is 49.8 Å². The second kappa shape index (κ2) is 4.48. The Morgan fingerprint density at radius 3 is 2.62 bits per heavy atom. The van der Waals surface area contributed by atoms with Gasteiger partial charge in [0.2, 0.25) is 0 Å². The first-order valence-corrected chi connectivity index (χ1v) is 4.49. The van der Waals surface area contributed by atoms with E-state index in [9.17, 15) is 0 Å². The van der Waals surface area contributed by atoms with Crippen LogP contribution in [0.4, 0.5) is 0 Å². The molecule has 1 aromatic carbocycles. The molecule has 0 fully saturated rings. The number of nitriles is 1. The van der Waals surface area contributed by atoms with E-state index in [0.717, 1.165) is 5.56 Å². The highest BCUT2D eigenvalue weighted by Gasteiger charge is 2.11. The number of hydrogen-bond acceptors (Lipinski definition) is 2. The third-order valence-corrected chi connectivity index (χ3v) is 2.29. The van der Waals surface area contributed by atoms with E-state index in [2.05, 4.69) is 6.07 Å². The van der Waals surface area contributed by atoms with Gasteiger partial charge in [-0.2, -0.15) is 5.26 Å². The molecule has 68 valence electrons. The standard InChI is InChI=1S/C9H8Cl2N2/c10-7-1-2-8(9(11)3-7)6(4-12)5-13/h1-3,6H,4,12H2. The molecule has 0 bridgehead atoms. The van der Waals surface area contributed by atoms with E-state index in [1.54, 1.807) is 18.2 Å². The average Bonchev–Trinajstić information content (AvgIpc) is 2.10. The highest BCUT2D eigenvalue weighted by Crippen LogP contribution is 2.26. The van der Waals surface area contributed by atoms with Crippen molar-refractivity contribution in [2.45, 2.75) is 5.92 Å². The lowest BCUT2D eigenvalue weighted by Crippen LogP contribution is -2.10. The van der Waals surface area contributed by atoms with Crippen molar-refractivity contribution in [3.05, 3.63) is 33.8 Å². The van der Waals surface area contributed by atoms with Gasteiger partial charge in [-0.05, 0) is 17.7 Å². The van der Waals surface area contributed by atoms with Crippen LogP contribution in [0.1, 0.15) is 11.5 Å². The molecule has 0 heterocycles. The summed E-state index contributed by atoms with van der Waals surface area (Å²) in [5.41, 5.74) is 6.14. The molecule has 0 amide bonds. The van der Waals surface area contributed by atoms with E-state index in [4.69, 9.17) is 34.2 Å². The molecular weight excluding hydrogens is 207 g/mol. The molecule has 0 radical (unpaired) electrons. The summed E-state index contributed by atoms with van der Waals surface area (Å²) in [6, 6.07) is 7.11. The number of halogens is 2. The number of nitrogens with two attached hydrogens (primary N) is 1. The molecule has 13 heavy (non-hydrogen) atoms. The quantitative estimate of drug-likeness (QED) is 0.823. The Hall–Kier alpha value is -0.750. The van der Waals surface area contributed by atoms with Gasteiger partial charge in [0.1, 0.15) is 0 Å². The first-order chi connectivity index (χ1) is 6.19. The van der Waals surface area contributed by atoms with E-state index in [1.807, 2.05) is 0 Å². The molecule has 2 N–H and O–H groups in total. The van der Waals surface area contributed by atoms with E-state index in [-0.39, 0.29) is 12.5 Å². The van der Waals surface area contributed by atoms with Crippen molar-refractivity contribution in [1.82, 2.24) is 0 Å². The van der Waals surface area contributed by atoms with E-state index >= 15 is 0 Å². The number of rotatable bonds is 2. The van der Waals surface area contributed by atoms with Gasteiger partial charge in [0.15, 0.2) is 0 Å². The minimum atomic E-state index is -0.357. The molecule has 0 aliphatic carbocycles. The zero-order valence-electron chi connectivity index (χ0n) is 6.80. The van der Waals surface area contributed by atoms with Crippen LogP contribution in [0.25, 0.3) is 0 Å². The first-order valence-electron chi connectivity index (χ1n) is 3.73. The Kier molecular flexibility index (Phi) is 3.56. The summed E-state index contributed by atoms with van der Waals surface area (Å²) in [6.45, 7) is 0.262. The number of nitrogens with zero attached hydrogens (tertiary/aromatic N) is 1. The van der Waals surface area contributed by atoms with Crippen LogP contribution in [-0.2, 0) is 0 Å². The molecule has 1 aromatic rings. The summed E-state index contributed by atoms with van der Waals surface area (Å²) in [7, 11) is 0. The fourth-order valence-electron chi connectivity index (χ4n) is 1.03. The Morgan fingerprint density at radius 2 is 2.15 bits per heavy atom. The highest BCUT2D eigenvalue weighted by atomic mass is 35.5. The maximum absolute atomic E-state index is 8.75. The molecule has 2 nitrogen and oxygen atoms in total. The van der Waals surface area contributed by atoms with Crippen LogP contribution >= 0.6 is 23.2 Å². The van der Waals surface area contributed by atoms with Crippen LogP contribution in [0.3, 0.4) is 0 Å². The van der Waals surface area contributed by atoms with Gasteiger partial charge in [-0.15, -0.1) is 0 Å². The lowest BCUT2D eigenvalue weighted by atomic mass is 10.0. The zero-order chi connectivity index (χ0) is 9.84. The molecule has 0 aliphatic heterocycles. The van der Waals surface area contributed by atoms with E-state index < -0.39 is 0 Å². The van der Waals surface area contributed by atoms with Gasteiger partial charge >= 0.3 is 0 Å². The molecule has 1 rings (SSSR count). The summed E-state index contributed by atoms with van der Waals surface area (Å²) >= 11 is 11.6. The van der Waals surface area contributed by atoms with Crippen LogP contribution in [0.15, 0.2) is 18.2 Å². The summed E-state index contributed by atoms with van der Waals surface area (Å²) < 4.78 is 0. The maximum Gasteiger partial charge on any atom is 0.0849 e. The summed E-state index contributed by atoms with van der Waals surface area (Å²) in [5, 5.41) is 9.80. The van der Waals surface area contributed by atoms with E-state index in [1.165, 1.54) is 0 Å². The Morgan fingerprint density at radius 1 is 1.46 bits per heavy atom. The third-order valence-electron chi connectivity index (χ3n) is 1.73. The molecule has 4 heteroatoms. The highest BCUT2D eigenvalue weighted by molar-refractivity contribution is 6.35. The minimum Gasteiger partial charge on any atom is -0.329 e. The van der Waals surface area contributed by atoms with Crippen molar-refractivity contribution >= 4 is 23.2 Å². The van der Waals surface area contributed by atoms with Crippen molar-refractivity contribution < 1.29 is 0 Å². The maximum atomic E-state index is 8.75. The van der Waals surface area contributed by atoms with Crippen LogP contribution in [-0.4, -0.2) is 6.54 Å². The third kappa shape index (κ3) is 2.35. The van der Waals surface area contributed by atoms with Crippen molar-refractivity contribution in [3.8, 4) is 6.07 Å². The van der Waals surface area contributed by atoms with Crippen LogP contribution in [0.5, 0.6) is 0 Å². The van der Waals surface area contributed by atoms with Gasteiger partial charge < -0.3 is 5.73 Å². The smallest absolute Gasteiger partial charge is 0.0849 e. The van der Waals surface area contributed by atoms with Crippen LogP contribution in [0.2, 0.25) is 10.0 Å².